The number of nitrogens with one attached hydrogen (secondary N) is 1. The zero-order valence-corrected chi connectivity index (χ0v) is 13.3. The molecule has 22 heavy (non-hydrogen) atoms. The number of carbonyl (C=O) groups is 1. The van der Waals surface area contributed by atoms with Crippen molar-refractivity contribution in [3.8, 4) is 5.88 Å². The molecule has 116 valence electrons. The number of pyridine rings is 2. The van der Waals surface area contributed by atoms with Crippen molar-refractivity contribution >= 4 is 29.1 Å². The van der Waals surface area contributed by atoms with Crippen LogP contribution in [0.3, 0.4) is 0 Å². The predicted octanol–water partition coefficient (Wildman–Crippen LogP) is 2.91. The van der Waals surface area contributed by atoms with Gasteiger partial charge in [-0.25, -0.2) is 4.98 Å². The Hall–Kier alpha value is -1.85. The van der Waals surface area contributed by atoms with Crippen LogP contribution >= 0.6 is 23.2 Å². The van der Waals surface area contributed by atoms with Crippen molar-refractivity contribution in [3.05, 3.63) is 52.4 Å². The molecule has 0 aliphatic rings. The Morgan fingerprint density at radius 1 is 1.27 bits per heavy atom. The van der Waals surface area contributed by atoms with Crippen molar-refractivity contribution in [2.45, 2.75) is 12.8 Å². The summed E-state index contributed by atoms with van der Waals surface area (Å²) in [5.41, 5.74) is 0.894. The van der Waals surface area contributed by atoms with E-state index < -0.39 is 0 Å². The standard InChI is InChI=1S/C15H15Cl2N3O2/c16-11-9-13(17)15(20-10-11)22-8-7-19-14(21)5-4-12-3-1-2-6-18-12/h1-3,6,9-10H,4-5,7-8H2,(H,19,21). The lowest BCUT2D eigenvalue weighted by Crippen LogP contribution is -2.28. The van der Waals surface area contributed by atoms with E-state index in [1.165, 1.54) is 6.20 Å². The Kier molecular flexibility index (Phi) is 6.43. The van der Waals surface area contributed by atoms with Gasteiger partial charge in [0.25, 0.3) is 0 Å². The Morgan fingerprint density at radius 2 is 2.14 bits per heavy atom. The third kappa shape index (κ3) is 5.50. The van der Waals surface area contributed by atoms with E-state index in [1.807, 2.05) is 18.2 Å². The highest BCUT2D eigenvalue weighted by Gasteiger charge is 2.05. The lowest BCUT2D eigenvalue weighted by molar-refractivity contribution is -0.121. The van der Waals surface area contributed by atoms with E-state index in [1.54, 1.807) is 12.3 Å². The Labute approximate surface area is 138 Å². The molecule has 0 unspecified atom stereocenters. The summed E-state index contributed by atoms with van der Waals surface area (Å²) in [4.78, 5) is 19.8. The van der Waals surface area contributed by atoms with E-state index in [4.69, 9.17) is 27.9 Å². The molecule has 2 aromatic heterocycles. The first-order valence-electron chi connectivity index (χ1n) is 6.75. The van der Waals surface area contributed by atoms with Crippen molar-refractivity contribution in [1.82, 2.24) is 15.3 Å². The molecule has 0 radical (unpaired) electrons. The van der Waals surface area contributed by atoms with Crippen LogP contribution in [0.1, 0.15) is 12.1 Å². The molecular weight excluding hydrogens is 325 g/mol. The van der Waals surface area contributed by atoms with Crippen molar-refractivity contribution in [1.29, 1.82) is 0 Å². The first-order chi connectivity index (χ1) is 10.6. The summed E-state index contributed by atoms with van der Waals surface area (Å²) < 4.78 is 5.38. The number of carbonyl (C=O) groups excluding carboxylic acids is 1. The number of hydrogen-bond donors (Lipinski definition) is 1. The molecule has 0 aromatic carbocycles. The third-order valence-corrected chi connectivity index (χ3v) is 3.25. The van der Waals surface area contributed by atoms with Gasteiger partial charge in [0.15, 0.2) is 0 Å². The second-order valence-corrected chi connectivity index (χ2v) is 5.30. The summed E-state index contributed by atoms with van der Waals surface area (Å²) in [5.74, 6) is 0.248. The monoisotopic (exact) mass is 339 g/mol. The van der Waals surface area contributed by atoms with E-state index in [-0.39, 0.29) is 12.5 Å². The van der Waals surface area contributed by atoms with Crippen molar-refractivity contribution < 1.29 is 9.53 Å². The minimum absolute atomic E-state index is 0.0515. The molecule has 2 rings (SSSR count). The zero-order valence-electron chi connectivity index (χ0n) is 11.8. The van der Waals surface area contributed by atoms with Crippen LogP contribution in [0.2, 0.25) is 10.0 Å². The highest BCUT2D eigenvalue weighted by Crippen LogP contribution is 2.24. The van der Waals surface area contributed by atoms with Crippen LogP contribution in [0.25, 0.3) is 0 Å². The molecule has 0 atom stereocenters. The van der Waals surface area contributed by atoms with Gasteiger partial charge in [-0.2, -0.15) is 0 Å². The largest absolute Gasteiger partial charge is 0.475 e. The van der Waals surface area contributed by atoms with Crippen LogP contribution in [0.4, 0.5) is 0 Å². The van der Waals surface area contributed by atoms with E-state index >= 15 is 0 Å². The number of nitrogens with zero attached hydrogens (tertiary/aromatic N) is 2. The lowest BCUT2D eigenvalue weighted by atomic mass is 10.2. The van der Waals surface area contributed by atoms with Gasteiger partial charge in [-0.05, 0) is 24.6 Å². The van der Waals surface area contributed by atoms with Crippen LogP contribution in [0.5, 0.6) is 5.88 Å². The van der Waals surface area contributed by atoms with Gasteiger partial charge in [0.1, 0.15) is 11.6 Å². The van der Waals surface area contributed by atoms with Gasteiger partial charge < -0.3 is 10.1 Å². The zero-order chi connectivity index (χ0) is 15.8. The molecule has 1 N–H and O–H groups in total. The van der Waals surface area contributed by atoms with E-state index in [0.29, 0.717) is 35.3 Å². The normalized spacial score (nSPS) is 10.3. The summed E-state index contributed by atoms with van der Waals surface area (Å²) in [7, 11) is 0. The molecule has 7 heteroatoms. The lowest BCUT2D eigenvalue weighted by Gasteiger charge is -2.08. The van der Waals surface area contributed by atoms with E-state index in [2.05, 4.69) is 15.3 Å². The average Bonchev–Trinajstić information content (AvgIpc) is 2.52. The van der Waals surface area contributed by atoms with Crippen molar-refractivity contribution in [2.24, 2.45) is 0 Å². The van der Waals surface area contributed by atoms with Crippen molar-refractivity contribution in [2.75, 3.05) is 13.2 Å². The molecule has 0 spiro atoms. The topological polar surface area (TPSA) is 64.1 Å². The summed E-state index contributed by atoms with van der Waals surface area (Å²) in [6.45, 7) is 0.658. The number of rotatable bonds is 7. The van der Waals surface area contributed by atoms with E-state index in [9.17, 15) is 4.79 Å². The van der Waals surface area contributed by atoms with Gasteiger partial charge in [-0.15, -0.1) is 0 Å². The Balaban J connectivity index is 1.65. The van der Waals surface area contributed by atoms with Gasteiger partial charge in [0.05, 0.1) is 11.6 Å². The molecule has 2 aromatic rings. The molecule has 5 nitrogen and oxygen atoms in total. The predicted molar refractivity (Wildman–Crippen MR) is 85.3 cm³/mol. The first-order valence-corrected chi connectivity index (χ1v) is 7.51. The highest BCUT2D eigenvalue weighted by atomic mass is 35.5. The van der Waals surface area contributed by atoms with Crippen LogP contribution in [-0.2, 0) is 11.2 Å². The molecule has 0 saturated carbocycles. The highest BCUT2D eigenvalue weighted by molar-refractivity contribution is 6.35. The van der Waals surface area contributed by atoms with Gasteiger partial charge in [0, 0.05) is 24.5 Å². The van der Waals surface area contributed by atoms with Crippen LogP contribution in [-0.4, -0.2) is 29.0 Å². The molecule has 0 saturated heterocycles. The van der Waals surface area contributed by atoms with E-state index in [0.717, 1.165) is 5.69 Å². The summed E-state index contributed by atoms with van der Waals surface area (Å²) in [6.07, 6.45) is 4.16. The SMILES string of the molecule is O=C(CCc1ccccn1)NCCOc1ncc(Cl)cc1Cl. The fraction of sp³-hybridized carbons (Fsp3) is 0.267. The average molecular weight is 340 g/mol. The number of hydrogen-bond acceptors (Lipinski definition) is 4. The molecule has 1 amide bonds. The van der Waals surface area contributed by atoms with Gasteiger partial charge >= 0.3 is 0 Å². The summed E-state index contributed by atoms with van der Waals surface area (Å²) in [6, 6.07) is 7.19. The summed E-state index contributed by atoms with van der Waals surface area (Å²) >= 11 is 11.7. The minimum Gasteiger partial charge on any atom is -0.475 e. The second-order valence-electron chi connectivity index (χ2n) is 4.46. The number of amides is 1. The third-order valence-electron chi connectivity index (χ3n) is 2.77. The van der Waals surface area contributed by atoms with Gasteiger partial charge in [-0.3, -0.25) is 9.78 Å². The molecule has 0 fully saturated rings. The van der Waals surface area contributed by atoms with Crippen LogP contribution < -0.4 is 10.1 Å². The fourth-order valence-electron chi connectivity index (χ4n) is 1.72. The number of aromatic nitrogens is 2. The second kappa shape index (κ2) is 8.56. The molecule has 0 bridgehead atoms. The fourth-order valence-corrected chi connectivity index (χ4v) is 2.16. The summed E-state index contributed by atoms with van der Waals surface area (Å²) in [5, 5.41) is 3.55. The number of halogens is 2. The minimum atomic E-state index is -0.0515. The first kappa shape index (κ1) is 16.5. The van der Waals surface area contributed by atoms with Crippen LogP contribution in [0.15, 0.2) is 36.7 Å². The quantitative estimate of drug-likeness (QED) is 0.787. The Morgan fingerprint density at radius 3 is 2.86 bits per heavy atom. The number of aryl methyl sites for hydroxylation is 1. The van der Waals surface area contributed by atoms with Gasteiger partial charge in [0.2, 0.25) is 11.8 Å². The Bertz CT molecular complexity index is 623. The van der Waals surface area contributed by atoms with Crippen LogP contribution in [0, 0.1) is 0 Å². The van der Waals surface area contributed by atoms with Gasteiger partial charge in [-0.1, -0.05) is 29.3 Å². The maximum absolute atomic E-state index is 11.7. The molecular formula is C15H15Cl2N3O2. The molecule has 0 aliphatic carbocycles. The smallest absolute Gasteiger partial charge is 0.232 e. The maximum Gasteiger partial charge on any atom is 0.232 e. The molecule has 0 aliphatic heterocycles. The number of ether oxygens (including phenoxy) is 1. The maximum atomic E-state index is 11.7. The molecule has 2 heterocycles. The van der Waals surface area contributed by atoms with Crippen molar-refractivity contribution in [3.63, 3.8) is 0 Å².